The van der Waals surface area contributed by atoms with Crippen molar-refractivity contribution in [1.29, 1.82) is 0 Å². The van der Waals surface area contributed by atoms with Crippen molar-refractivity contribution in [2.45, 2.75) is 32.6 Å². The van der Waals surface area contributed by atoms with Gasteiger partial charge in [-0.3, -0.25) is 0 Å². The van der Waals surface area contributed by atoms with Gasteiger partial charge in [0.15, 0.2) is 0 Å². The second-order valence-electron chi connectivity index (χ2n) is 7.42. The Morgan fingerprint density at radius 1 is 0.576 bits per heavy atom. The van der Waals surface area contributed by atoms with Crippen LogP contribution >= 0.6 is 0 Å². The molecule has 3 aromatic carbocycles. The van der Waals surface area contributed by atoms with Crippen molar-refractivity contribution in [2.75, 3.05) is 21.3 Å². The summed E-state index contributed by atoms with van der Waals surface area (Å²) in [4.78, 5) is 0. The maximum absolute atomic E-state index is 6.23. The number of hydrogen-bond acceptors (Lipinski definition) is 6. The number of unbranched alkanes of at least 4 members (excludes halogenated alkanes) is 2. The molecule has 0 spiro atoms. The minimum absolute atomic E-state index is 0.593. The van der Waals surface area contributed by atoms with E-state index in [9.17, 15) is 0 Å². The summed E-state index contributed by atoms with van der Waals surface area (Å²) >= 11 is 0. The van der Waals surface area contributed by atoms with E-state index >= 15 is 0 Å². The Bertz CT molecular complexity index is 926. The first-order valence-corrected chi connectivity index (χ1v) is 11.1. The zero-order chi connectivity index (χ0) is 23.5. The Balaban J connectivity index is 1.84. The van der Waals surface area contributed by atoms with Crippen molar-refractivity contribution >= 4 is 7.32 Å². The van der Waals surface area contributed by atoms with Crippen molar-refractivity contribution in [3.05, 3.63) is 72.3 Å². The minimum Gasteiger partial charge on any atom is -0.497 e. The van der Waals surface area contributed by atoms with Gasteiger partial charge in [-0.2, -0.15) is 0 Å². The molecule has 0 aliphatic carbocycles. The lowest BCUT2D eigenvalue weighted by Crippen LogP contribution is -2.37. The molecule has 3 aromatic rings. The van der Waals surface area contributed by atoms with Crippen molar-refractivity contribution in [3.63, 3.8) is 0 Å². The van der Waals surface area contributed by atoms with Gasteiger partial charge in [0.25, 0.3) is 0 Å². The van der Waals surface area contributed by atoms with Crippen LogP contribution in [0.2, 0.25) is 0 Å². The third-order valence-corrected chi connectivity index (χ3v) is 5.12. The van der Waals surface area contributed by atoms with E-state index in [1.54, 1.807) is 21.3 Å². The van der Waals surface area contributed by atoms with Crippen LogP contribution in [0.5, 0.6) is 34.5 Å². The summed E-state index contributed by atoms with van der Waals surface area (Å²) in [5.41, 5.74) is 1.05. The highest BCUT2D eigenvalue weighted by atomic mass is 16.7. The van der Waals surface area contributed by atoms with Crippen molar-refractivity contribution < 1.29 is 28.2 Å². The number of benzene rings is 3. The highest BCUT2D eigenvalue weighted by molar-refractivity contribution is 6.39. The van der Waals surface area contributed by atoms with Gasteiger partial charge in [-0.15, -0.1) is 0 Å². The van der Waals surface area contributed by atoms with Crippen LogP contribution in [0.3, 0.4) is 0 Å². The van der Waals surface area contributed by atoms with E-state index in [0.29, 0.717) is 17.2 Å². The molecule has 0 fully saturated rings. The fourth-order valence-electron chi connectivity index (χ4n) is 3.27. The van der Waals surface area contributed by atoms with Crippen LogP contribution in [-0.4, -0.2) is 28.7 Å². The maximum Gasteiger partial charge on any atom is 0.864 e. The van der Waals surface area contributed by atoms with Crippen molar-refractivity contribution in [2.24, 2.45) is 0 Å². The molecule has 174 valence electrons. The fourth-order valence-corrected chi connectivity index (χ4v) is 3.27. The van der Waals surface area contributed by atoms with Crippen molar-refractivity contribution in [1.82, 2.24) is 0 Å². The van der Waals surface area contributed by atoms with E-state index in [0.717, 1.165) is 48.5 Å². The smallest absolute Gasteiger partial charge is 0.497 e. The number of hydrogen-bond donors (Lipinski definition) is 0. The lowest BCUT2D eigenvalue weighted by atomic mass is 10.0. The Morgan fingerprint density at radius 2 is 1.06 bits per heavy atom. The van der Waals surface area contributed by atoms with E-state index in [4.69, 9.17) is 28.2 Å². The number of aryl methyl sites for hydroxylation is 1. The molecule has 6 nitrogen and oxygen atoms in total. The Labute approximate surface area is 196 Å². The van der Waals surface area contributed by atoms with E-state index in [1.165, 1.54) is 0 Å². The molecule has 0 amide bonds. The van der Waals surface area contributed by atoms with Gasteiger partial charge < -0.3 is 28.2 Å². The monoisotopic (exact) mass is 450 g/mol. The standard InChI is InChI=1S/C26H31BO6/c1-5-6-7-8-20-19-25(30-4)17-18-26(20)33-27(31-23-13-9-21(28-2)10-14-23)32-24-15-11-22(29-3)12-16-24/h9-19H,5-8H2,1-4H3. The van der Waals surface area contributed by atoms with Crippen molar-refractivity contribution in [3.8, 4) is 34.5 Å². The molecule has 3 rings (SSSR count). The summed E-state index contributed by atoms with van der Waals surface area (Å²) < 4.78 is 34.2. The van der Waals surface area contributed by atoms with Gasteiger partial charge in [0.1, 0.15) is 34.5 Å². The van der Waals surface area contributed by atoms with Gasteiger partial charge in [-0.1, -0.05) is 19.8 Å². The summed E-state index contributed by atoms with van der Waals surface area (Å²) in [5.74, 6) is 4.15. The van der Waals surface area contributed by atoms with Crippen LogP contribution in [0.1, 0.15) is 31.7 Å². The summed E-state index contributed by atoms with van der Waals surface area (Å²) in [6, 6.07) is 20.3. The number of ether oxygens (including phenoxy) is 3. The van der Waals surface area contributed by atoms with E-state index in [2.05, 4.69) is 6.92 Å². The number of methoxy groups -OCH3 is 3. The van der Waals surface area contributed by atoms with Gasteiger partial charge >= 0.3 is 7.32 Å². The first kappa shape index (κ1) is 24.2. The van der Waals surface area contributed by atoms with Crippen LogP contribution < -0.4 is 28.2 Å². The highest BCUT2D eigenvalue weighted by Gasteiger charge is 2.31. The van der Waals surface area contributed by atoms with E-state index in [-0.39, 0.29) is 0 Å². The zero-order valence-electron chi connectivity index (χ0n) is 19.7. The normalized spacial score (nSPS) is 10.3. The first-order valence-electron chi connectivity index (χ1n) is 11.1. The molecule has 0 heterocycles. The Morgan fingerprint density at radius 3 is 1.55 bits per heavy atom. The highest BCUT2D eigenvalue weighted by Crippen LogP contribution is 2.28. The molecule has 33 heavy (non-hydrogen) atoms. The lowest BCUT2D eigenvalue weighted by Gasteiger charge is -2.19. The predicted molar refractivity (Wildman–Crippen MR) is 130 cm³/mol. The van der Waals surface area contributed by atoms with Gasteiger partial charge in [-0.05, 0) is 85.1 Å². The molecular formula is C26H31BO6. The molecular weight excluding hydrogens is 419 g/mol. The SMILES string of the molecule is CCCCCc1cc(OC)ccc1OB(Oc1ccc(OC)cc1)Oc1ccc(OC)cc1. The van der Waals surface area contributed by atoms with Crippen LogP contribution in [0.4, 0.5) is 0 Å². The first-order chi connectivity index (χ1) is 16.1. The van der Waals surface area contributed by atoms with Crippen LogP contribution in [-0.2, 0) is 6.42 Å². The van der Waals surface area contributed by atoms with Gasteiger partial charge in [0.05, 0.1) is 21.3 Å². The molecule has 0 N–H and O–H groups in total. The molecule has 0 atom stereocenters. The van der Waals surface area contributed by atoms with Gasteiger partial charge in [-0.25, -0.2) is 0 Å². The molecule has 0 aliphatic heterocycles. The number of rotatable bonds is 13. The van der Waals surface area contributed by atoms with E-state index < -0.39 is 7.32 Å². The third-order valence-electron chi connectivity index (χ3n) is 5.12. The summed E-state index contributed by atoms with van der Waals surface area (Å²) in [6.45, 7) is 2.18. The zero-order valence-corrected chi connectivity index (χ0v) is 19.7. The molecule has 0 saturated heterocycles. The van der Waals surface area contributed by atoms with E-state index in [1.807, 2.05) is 66.7 Å². The van der Waals surface area contributed by atoms with Crippen LogP contribution in [0, 0.1) is 0 Å². The lowest BCUT2D eigenvalue weighted by molar-refractivity contribution is 0.304. The minimum atomic E-state index is -1.01. The van der Waals surface area contributed by atoms with Crippen LogP contribution in [0.15, 0.2) is 66.7 Å². The molecule has 0 aromatic heterocycles. The largest absolute Gasteiger partial charge is 0.864 e. The molecule has 7 heteroatoms. The molecule has 0 radical (unpaired) electrons. The average Bonchev–Trinajstić information content (AvgIpc) is 2.86. The summed E-state index contributed by atoms with van der Waals surface area (Å²) in [6.07, 6.45) is 4.22. The second-order valence-corrected chi connectivity index (χ2v) is 7.42. The molecule has 0 unspecified atom stereocenters. The summed E-state index contributed by atoms with van der Waals surface area (Å²) in [5, 5.41) is 0. The maximum atomic E-state index is 6.23. The second kappa shape index (κ2) is 12.5. The van der Waals surface area contributed by atoms with Gasteiger partial charge in [0, 0.05) is 0 Å². The predicted octanol–water partition coefficient (Wildman–Crippen LogP) is 5.97. The third kappa shape index (κ3) is 7.27. The Kier molecular flexibility index (Phi) is 9.18. The fraction of sp³-hybridized carbons (Fsp3) is 0.308. The molecule has 0 bridgehead atoms. The topological polar surface area (TPSA) is 55.4 Å². The summed E-state index contributed by atoms with van der Waals surface area (Å²) in [7, 11) is 3.90. The molecule has 0 aliphatic rings. The Hall–Kier alpha value is -3.48. The van der Waals surface area contributed by atoms with Crippen LogP contribution in [0.25, 0.3) is 0 Å². The molecule has 0 saturated carbocycles. The average molecular weight is 450 g/mol. The van der Waals surface area contributed by atoms with Gasteiger partial charge in [0.2, 0.25) is 0 Å². The quantitative estimate of drug-likeness (QED) is 0.236.